The molecule has 0 aliphatic heterocycles. The van der Waals surface area contributed by atoms with E-state index in [1.165, 1.54) is 12.1 Å². The second-order valence-electron chi connectivity index (χ2n) is 6.61. The lowest BCUT2D eigenvalue weighted by Crippen LogP contribution is -2.25. The molecule has 154 valence electrons. The lowest BCUT2D eigenvalue weighted by molar-refractivity contribution is -0.162. The highest BCUT2D eigenvalue weighted by molar-refractivity contribution is 9.13. The van der Waals surface area contributed by atoms with Crippen molar-refractivity contribution in [2.75, 3.05) is 0 Å². The first-order chi connectivity index (χ1) is 13.8. The van der Waals surface area contributed by atoms with Crippen LogP contribution in [0.5, 0.6) is 0 Å². The number of ketones is 2. The van der Waals surface area contributed by atoms with E-state index in [1.807, 2.05) is 0 Å². The maximum absolute atomic E-state index is 13.3. The largest absolute Gasteiger partial charge is 0.417 e. The van der Waals surface area contributed by atoms with E-state index in [1.54, 1.807) is 12.1 Å². The zero-order valence-electron chi connectivity index (χ0n) is 14.3. The summed E-state index contributed by atoms with van der Waals surface area (Å²) < 4.78 is 80.8. The highest BCUT2D eigenvalue weighted by Crippen LogP contribution is 2.43. The third-order valence-electron chi connectivity index (χ3n) is 4.76. The first kappa shape index (κ1) is 21.0. The monoisotopic (exact) mass is 550 g/mol. The number of carbonyl (C=O) groups is 2. The Kier molecular flexibility index (Phi) is 4.66. The number of fused-ring (bicyclic) bond motifs is 3. The van der Waals surface area contributed by atoms with Crippen molar-refractivity contribution in [1.82, 2.24) is 0 Å². The van der Waals surface area contributed by atoms with Crippen LogP contribution in [-0.4, -0.2) is 11.6 Å². The highest BCUT2D eigenvalue weighted by atomic mass is 79.9. The van der Waals surface area contributed by atoms with Crippen LogP contribution in [0.3, 0.4) is 0 Å². The molecule has 0 aromatic heterocycles. The summed E-state index contributed by atoms with van der Waals surface area (Å²) in [5, 5.41) is 1.05. The van der Waals surface area contributed by atoms with Gasteiger partial charge in [-0.05, 0) is 79.0 Å². The summed E-state index contributed by atoms with van der Waals surface area (Å²) >= 11 is 6.59. The van der Waals surface area contributed by atoms with E-state index in [4.69, 9.17) is 0 Å². The van der Waals surface area contributed by atoms with Crippen LogP contribution in [0.1, 0.15) is 43.0 Å². The lowest BCUT2D eigenvalue weighted by atomic mass is 9.81. The van der Waals surface area contributed by atoms with Gasteiger partial charge in [-0.3, -0.25) is 9.59 Å². The van der Waals surface area contributed by atoms with Crippen LogP contribution in [0.4, 0.5) is 26.3 Å². The van der Waals surface area contributed by atoms with Crippen LogP contribution in [0.15, 0.2) is 45.3 Å². The third kappa shape index (κ3) is 3.26. The van der Waals surface area contributed by atoms with E-state index >= 15 is 0 Å². The molecule has 4 rings (SSSR count). The van der Waals surface area contributed by atoms with Crippen LogP contribution >= 0.6 is 31.9 Å². The first-order valence-corrected chi connectivity index (χ1v) is 9.72. The van der Waals surface area contributed by atoms with Crippen molar-refractivity contribution in [3.63, 3.8) is 0 Å². The van der Waals surface area contributed by atoms with Gasteiger partial charge in [-0.1, -0.05) is 0 Å². The minimum Gasteiger partial charge on any atom is -0.289 e. The van der Waals surface area contributed by atoms with Crippen LogP contribution in [-0.2, 0) is 12.4 Å². The molecule has 0 unspecified atom stereocenters. The van der Waals surface area contributed by atoms with Crippen molar-refractivity contribution in [2.24, 2.45) is 0 Å². The standard InChI is InChI=1S/C20H6Br2F6O2/c21-15-3-7-1-9-10(2-8(7)4-16(15)22)18(30)12-6-14(20(26,27)28)13(19(23,24)25)5-11(12)17(9)29/h1-6H. The fourth-order valence-electron chi connectivity index (χ4n) is 3.40. The molecule has 30 heavy (non-hydrogen) atoms. The van der Waals surface area contributed by atoms with Crippen molar-refractivity contribution in [2.45, 2.75) is 12.4 Å². The first-order valence-electron chi connectivity index (χ1n) is 8.13. The average molecular weight is 552 g/mol. The predicted octanol–water partition coefficient (Wildman–Crippen LogP) is 7.18. The van der Waals surface area contributed by atoms with Gasteiger partial charge in [0.2, 0.25) is 0 Å². The van der Waals surface area contributed by atoms with Gasteiger partial charge in [0.05, 0.1) is 11.1 Å². The van der Waals surface area contributed by atoms with Crippen LogP contribution in [0.25, 0.3) is 10.8 Å². The Bertz CT molecular complexity index is 1180. The fourth-order valence-corrected chi connectivity index (χ4v) is 4.13. The molecule has 2 nitrogen and oxygen atoms in total. The zero-order chi connectivity index (χ0) is 22.2. The van der Waals surface area contributed by atoms with Gasteiger partial charge in [0.1, 0.15) is 0 Å². The Balaban J connectivity index is 2.02. The van der Waals surface area contributed by atoms with Gasteiger partial charge >= 0.3 is 12.4 Å². The second-order valence-corrected chi connectivity index (χ2v) is 8.32. The van der Waals surface area contributed by atoms with Crippen molar-refractivity contribution >= 4 is 54.2 Å². The van der Waals surface area contributed by atoms with Gasteiger partial charge in [0.15, 0.2) is 11.6 Å². The summed E-state index contributed by atoms with van der Waals surface area (Å²) in [4.78, 5) is 25.7. The van der Waals surface area contributed by atoms with E-state index in [-0.39, 0.29) is 23.3 Å². The van der Waals surface area contributed by atoms with E-state index in [2.05, 4.69) is 31.9 Å². The quantitative estimate of drug-likeness (QED) is 0.217. The zero-order valence-corrected chi connectivity index (χ0v) is 17.5. The molecule has 0 fully saturated rings. The normalized spacial score (nSPS) is 14.1. The van der Waals surface area contributed by atoms with Gasteiger partial charge in [-0.15, -0.1) is 0 Å². The molecule has 0 N–H and O–H groups in total. The summed E-state index contributed by atoms with van der Waals surface area (Å²) in [6.07, 6.45) is -10.7. The Morgan fingerprint density at radius 1 is 0.533 bits per heavy atom. The van der Waals surface area contributed by atoms with E-state index in [0.717, 1.165) is 0 Å². The number of alkyl halides is 6. The third-order valence-corrected chi connectivity index (χ3v) is 6.61. The predicted molar refractivity (Wildman–Crippen MR) is 103 cm³/mol. The molecule has 3 aromatic carbocycles. The van der Waals surface area contributed by atoms with E-state index in [0.29, 0.717) is 19.7 Å². The molecule has 0 saturated heterocycles. The van der Waals surface area contributed by atoms with Gasteiger partial charge in [-0.25, -0.2) is 0 Å². The van der Waals surface area contributed by atoms with E-state index in [9.17, 15) is 35.9 Å². The number of hydrogen-bond donors (Lipinski definition) is 0. The molecule has 10 heteroatoms. The van der Waals surface area contributed by atoms with Crippen LogP contribution in [0, 0.1) is 0 Å². The summed E-state index contributed by atoms with van der Waals surface area (Å²) in [5.41, 5.74) is -5.76. The van der Waals surface area contributed by atoms with Crippen molar-refractivity contribution in [3.05, 3.63) is 78.7 Å². The molecule has 0 bridgehead atoms. The topological polar surface area (TPSA) is 34.1 Å². The minimum absolute atomic E-state index is 0.114. The van der Waals surface area contributed by atoms with E-state index < -0.39 is 46.2 Å². The molecule has 0 amide bonds. The summed E-state index contributed by atoms with van der Waals surface area (Å²) in [5.74, 6) is -1.89. The molecule has 1 aliphatic carbocycles. The maximum Gasteiger partial charge on any atom is 0.417 e. The number of benzene rings is 3. The van der Waals surface area contributed by atoms with Gasteiger partial charge in [0.25, 0.3) is 0 Å². The van der Waals surface area contributed by atoms with Gasteiger partial charge < -0.3 is 0 Å². The van der Waals surface area contributed by atoms with Crippen LogP contribution < -0.4 is 0 Å². The molecule has 3 aromatic rings. The Labute approximate surface area is 181 Å². The Morgan fingerprint density at radius 2 is 0.833 bits per heavy atom. The molecule has 0 spiro atoms. The number of halogens is 8. The highest BCUT2D eigenvalue weighted by Gasteiger charge is 2.45. The fraction of sp³-hybridized carbons (Fsp3) is 0.100. The Hall–Kier alpha value is -2.20. The van der Waals surface area contributed by atoms with Gasteiger partial charge in [-0.2, -0.15) is 26.3 Å². The number of carbonyl (C=O) groups excluding carboxylic acids is 2. The summed E-state index contributed by atoms with van der Waals surface area (Å²) in [6, 6.07) is 6.19. The second kappa shape index (κ2) is 6.65. The molecule has 0 saturated carbocycles. The lowest BCUT2D eigenvalue weighted by Gasteiger charge is -2.23. The molecular formula is C20H6Br2F6O2. The molecule has 1 aliphatic rings. The van der Waals surface area contributed by atoms with Crippen molar-refractivity contribution < 1.29 is 35.9 Å². The summed E-state index contributed by atoms with van der Waals surface area (Å²) in [7, 11) is 0. The molecule has 0 heterocycles. The van der Waals surface area contributed by atoms with Gasteiger partial charge in [0, 0.05) is 31.2 Å². The molecule has 0 atom stereocenters. The number of rotatable bonds is 0. The molecule has 0 radical (unpaired) electrons. The van der Waals surface area contributed by atoms with Crippen molar-refractivity contribution in [3.8, 4) is 0 Å². The van der Waals surface area contributed by atoms with Crippen molar-refractivity contribution in [1.29, 1.82) is 0 Å². The number of hydrogen-bond acceptors (Lipinski definition) is 2. The maximum atomic E-state index is 13.3. The molecular weight excluding hydrogens is 546 g/mol. The van der Waals surface area contributed by atoms with Crippen LogP contribution in [0.2, 0.25) is 0 Å². The average Bonchev–Trinajstić information content (AvgIpc) is 2.63. The SMILES string of the molecule is O=C1c2cc(C(F)(F)F)c(C(F)(F)F)cc2C(=O)c2cc3cc(Br)c(Br)cc3cc21. The summed E-state index contributed by atoms with van der Waals surface area (Å²) in [6.45, 7) is 0. The minimum atomic E-state index is -5.36. The Morgan fingerprint density at radius 3 is 1.13 bits per heavy atom. The smallest absolute Gasteiger partial charge is 0.289 e.